The van der Waals surface area contributed by atoms with Crippen LogP contribution in [0.4, 0.5) is 0 Å². The number of hydrogen-bond donors (Lipinski definition) is 1. The van der Waals surface area contributed by atoms with Crippen LogP contribution in [0.1, 0.15) is 20.8 Å². The van der Waals surface area contributed by atoms with Gasteiger partial charge in [-0.3, -0.25) is 4.79 Å². The van der Waals surface area contributed by atoms with Gasteiger partial charge in [0.2, 0.25) is 0 Å². The van der Waals surface area contributed by atoms with Gasteiger partial charge in [-0.05, 0) is 20.8 Å². The van der Waals surface area contributed by atoms with Crippen molar-refractivity contribution in [2.24, 2.45) is 0 Å². The van der Waals surface area contributed by atoms with Gasteiger partial charge in [0.1, 0.15) is 4.75 Å². The topological polar surface area (TPSA) is 65.0 Å². The Morgan fingerprint density at radius 2 is 2.17 bits per heavy atom. The molecular weight excluding hydrogens is 184 g/mol. The zero-order chi connectivity index (χ0) is 9.61. The zero-order valence-electron chi connectivity index (χ0n) is 7.20. The normalized spacial score (nSPS) is 11.3. The van der Waals surface area contributed by atoms with Crippen molar-refractivity contribution in [1.29, 1.82) is 0 Å². The molecule has 0 bridgehead atoms. The molecule has 0 aliphatic heterocycles. The van der Waals surface area contributed by atoms with E-state index in [0.717, 1.165) is 0 Å². The Morgan fingerprint density at radius 1 is 1.58 bits per heavy atom. The van der Waals surface area contributed by atoms with Crippen LogP contribution in [0.15, 0.2) is 0 Å². The summed E-state index contributed by atoms with van der Waals surface area (Å²) < 4.78 is 7.97. The molecule has 0 fully saturated rings. The quantitative estimate of drug-likeness (QED) is 0.310. The Hall–Kier alpha value is -0.300. The summed E-state index contributed by atoms with van der Waals surface area (Å²) in [5.74, 6) is -0.424. The fourth-order valence-corrected chi connectivity index (χ4v) is 0.767. The summed E-state index contributed by atoms with van der Waals surface area (Å²) in [6.07, 6.45) is 0. The molecule has 1 N–H and O–H groups in total. The average Bonchev–Trinajstić information content (AvgIpc) is 2.01. The van der Waals surface area contributed by atoms with E-state index in [1.807, 2.05) is 0 Å². The van der Waals surface area contributed by atoms with Crippen LogP contribution >= 0.6 is 12.0 Å². The fourth-order valence-electron chi connectivity index (χ4n) is 0.439. The first-order valence-corrected chi connectivity index (χ1v) is 4.12. The summed E-state index contributed by atoms with van der Waals surface area (Å²) in [6, 6.07) is 0. The molecule has 0 saturated carbocycles. The summed E-state index contributed by atoms with van der Waals surface area (Å²) in [5, 5.41) is 11.2. The maximum atomic E-state index is 11.1. The molecule has 12 heavy (non-hydrogen) atoms. The first kappa shape index (κ1) is 11.7. The Morgan fingerprint density at radius 3 is 2.58 bits per heavy atom. The number of carbonyl (C=O) groups is 1. The molecule has 0 aromatic carbocycles. The van der Waals surface area contributed by atoms with Gasteiger partial charge in [0.25, 0.3) is 0 Å². The highest BCUT2D eigenvalue weighted by Crippen LogP contribution is 2.26. The van der Waals surface area contributed by atoms with Gasteiger partial charge >= 0.3 is 5.97 Å². The second-order valence-corrected chi connectivity index (χ2v) is 3.78. The summed E-state index contributed by atoms with van der Waals surface area (Å²) in [6.45, 7) is 5.20. The van der Waals surface area contributed by atoms with E-state index in [1.54, 1.807) is 20.8 Å². The van der Waals surface area contributed by atoms with E-state index in [2.05, 4.69) is 9.37 Å². The van der Waals surface area contributed by atoms with Gasteiger partial charge in [0.15, 0.2) is 0 Å². The standard InChI is InChI=1S/C6H12O5S/c1-4-9-5(7)6(2,3)12-11-10-8/h8H,4H2,1-3H3. The zero-order valence-corrected chi connectivity index (χ0v) is 8.01. The molecule has 6 heteroatoms. The smallest absolute Gasteiger partial charge is 0.324 e. The van der Waals surface area contributed by atoms with Gasteiger partial charge in [-0.15, -0.1) is 4.33 Å². The van der Waals surface area contributed by atoms with Crippen LogP contribution in [0.5, 0.6) is 0 Å². The van der Waals surface area contributed by atoms with Gasteiger partial charge in [-0.1, -0.05) is 5.04 Å². The van der Waals surface area contributed by atoms with Crippen molar-refractivity contribution < 1.29 is 24.2 Å². The third-order valence-corrected chi connectivity index (χ3v) is 1.75. The number of ether oxygens (including phenoxy) is 1. The summed E-state index contributed by atoms with van der Waals surface area (Å²) in [4.78, 5) is 11.1. The molecule has 72 valence electrons. The highest BCUT2D eigenvalue weighted by atomic mass is 32.2. The summed E-state index contributed by atoms with van der Waals surface area (Å²) >= 11 is 0.680. The van der Waals surface area contributed by atoms with Crippen molar-refractivity contribution in [3.05, 3.63) is 0 Å². The van der Waals surface area contributed by atoms with Crippen molar-refractivity contribution in [2.75, 3.05) is 6.61 Å². The lowest BCUT2D eigenvalue weighted by atomic mass is 10.2. The minimum Gasteiger partial charge on any atom is -0.465 e. The lowest BCUT2D eigenvalue weighted by Gasteiger charge is -2.18. The fraction of sp³-hybridized carbons (Fsp3) is 0.833. The second-order valence-electron chi connectivity index (χ2n) is 2.46. The molecule has 0 heterocycles. The van der Waals surface area contributed by atoms with Crippen LogP contribution in [0.2, 0.25) is 0 Å². The van der Waals surface area contributed by atoms with Crippen LogP contribution in [-0.2, 0) is 18.9 Å². The van der Waals surface area contributed by atoms with Crippen molar-refractivity contribution >= 4 is 18.0 Å². The molecule has 0 amide bonds. The van der Waals surface area contributed by atoms with Crippen LogP contribution < -0.4 is 0 Å². The SMILES string of the molecule is CCOC(=O)C(C)(C)SOOO. The molecule has 0 rings (SSSR count). The van der Waals surface area contributed by atoms with E-state index in [4.69, 9.17) is 9.99 Å². The maximum absolute atomic E-state index is 11.1. The Labute approximate surface area is 75.1 Å². The van der Waals surface area contributed by atoms with Gasteiger partial charge in [0, 0.05) is 0 Å². The predicted octanol–water partition coefficient (Wildman–Crippen LogP) is 1.40. The molecule has 0 aliphatic carbocycles. The number of esters is 1. The molecule has 0 aromatic heterocycles. The van der Waals surface area contributed by atoms with E-state index < -0.39 is 10.7 Å². The van der Waals surface area contributed by atoms with E-state index in [9.17, 15) is 4.79 Å². The average molecular weight is 196 g/mol. The van der Waals surface area contributed by atoms with Crippen molar-refractivity contribution in [2.45, 2.75) is 25.5 Å². The minimum atomic E-state index is -0.890. The van der Waals surface area contributed by atoms with Crippen molar-refractivity contribution in [1.82, 2.24) is 0 Å². The second kappa shape index (κ2) is 5.36. The molecule has 0 unspecified atom stereocenters. The molecule has 0 aromatic rings. The van der Waals surface area contributed by atoms with Crippen LogP contribution in [-0.4, -0.2) is 22.6 Å². The molecule has 0 saturated heterocycles. The highest BCUT2D eigenvalue weighted by molar-refractivity contribution is 7.96. The van der Waals surface area contributed by atoms with Gasteiger partial charge < -0.3 is 4.74 Å². The van der Waals surface area contributed by atoms with E-state index >= 15 is 0 Å². The lowest BCUT2D eigenvalue weighted by molar-refractivity contribution is -0.432. The lowest BCUT2D eigenvalue weighted by Crippen LogP contribution is -2.30. The molecule has 0 radical (unpaired) electrons. The third-order valence-electron chi connectivity index (χ3n) is 1.04. The maximum Gasteiger partial charge on any atom is 0.324 e. The molecule has 5 nitrogen and oxygen atoms in total. The largest absolute Gasteiger partial charge is 0.465 e. The van der Waals surface area contributed by atoms with E-state index in [1.165, 1.54) is 0 Å². The highest BCUT2D eigenvalue weighted by Gasteiger charge is 2.31. The Balaban J connectivity index is 3.90. The van der Waals surface area contributed by atoms with Gasteiger partial charge in [-0.2, -0.15) is 0 Å². The number of hydrogen-bond acceptors (Lipinski definition) is 6. The predicted molar refractivity (Wildman–Crippen MR) is 43.1 cm³/mol. The first-order valence-electron chi connectivity index (χ1n) is 3.37. The van der Waals surface area contributed by atoms with Gasteiger partial charge in [0.05, 0.1) is 18.6 Å². The summed E-state index contributed by atoms with van der Waals surface area (Å²) in [5.41, 5.74) is 0. The first-order chi connectivity index (χ1) is 5.54. The van der Waals surface area contributed by atoms with Crippen molar-refractivity contribution in [3.8, 4) is 0 Å². The number of rotatable bonds is 5. The van der Waals surface area contributed by atoms with E-state index in [-0.39, 0.29) is 0 Å². The van der Waals surface area contributed by atoms with Gasteiger partial charge in [-0.25, -0.2) is 5.26 Å². The molecule has 0 aliphatic rings. The third kappa shape index (κ3) is 3.91. The molecule has 0 spiro atoms. The molecule has 0 atom stereocenters. The Kier molecular flexibility index (Phi) is 5.23. The van der Waals surface area contributed by atoms with Crippen LogP contribution in [0.3, 0.4) is 0 Å². The van der Waals surface area contributed by atoms with Crippen molar-refractivity contribution in [3.63, 3.8) is 0 Å². The summed E-state index contributed by atoms with van der Waals surface area (Å²) in [7, 11) is 0. The molecular formula is C6H12O5S. The van der Waals surface area contributed by atoms with Crippen LogP contribution in [0.25, 0.3) is 0 Å². The Bertz CT molecular complexity index is 147. The minimum absolute atomic E-state index is 0.308. The van der Waals surface area contributed by atoms with Crippen LogP contribution in [0, 0.1) is 0 Å². The number of carbonyl (C=O) groups excluding carboxylic acids is 1. The monoisotopic (exact) mass is 196 g/mol. The van der Waals surface area contributed by atoms with E-state index in [0.29, 0.717) is 18.6 Å².